The number of amides is 1. The Bertz CT molecular complexity index is 711. The number of likely N-dealkylation sites (tertiary alicyclic amines) is 2. The number of carbonyl (C=O) groups excluding carboxylic acids is 1. The fraction of sp³-hybridized carbons (Fsp3) is 0.632. The van der Waals surface area contributed by atoms with Gasteiger partial charge in [-0.25, -0.2) is 0 Å². The first kappa shape index (κ1) is 17.3. The topological polar surface area (TPSA) is 75.6 Å². The van der Waals surface area contributed by atoms with E-state index in [-0.39, 0.29) is 11.8 Å². The van der Waals surface area contributed by atoms with Crippen molar-refractivity contribution in [2.75, 3.05) is 32.7 Å². The Balaban J connectivity index is 1.27. The van der Waals surface area contributed by atoms with Crippen LogP contribution in [0.5, 0.6) is 0 Å². The monoisotopic (exact) mass is 358 g/mol. The van der Waals surface area contributed by atoms with Crippen molar-refractivity contribution in [3.63, 3.8) is 0 Å². The van der Waals surface area contributed by atoms with E-state index in [1.54, 1.807) is 12.3 Å². The number of piperidine rings is 2. The predicted octanol–water partition coefficient (Wildman–Crippen LogP) is 2.77. The number of carbonyl (C=O) groups is 1. The zero-order valence-electron chi connectivity index (χ0n) is 15.3. The van der Waals surface area contributed by atoms with Gasteiger partial charge in [-0.15, -0.1) is 10.2 Å². The van der Waals surface area contributed by atoms with Crippen LogP contribution in [-0.2, 0) is 4.79 Å². The van der Waals surface area contributed by atoms with Gasteiger partial charge in [0.25, 0.3) is 5.89 Å². The molecule has 7 nitrogen and oxygen atoms in total. The van der Waals surface area contributed by atoms with Crippen molar-refractivity contribution in [1.29, 1.82) is 0 Å². The van der Waals surface area contributed by atoms with Gasteiger partial charge >= 0.3 is 0 Å². The summed E-state index contributed by atoms with van der Waals surface area (Å²) in [5.41, 5.74) is 0. The van der Waals surface area contributed by atoms with Crippen LogP contribution in [0.15, 0.2) is 27.2 Å². The van der Waals surface area contributed by atoms with E-state index in [9.17, 15) is 4.79 Å². The van der Waals surface area contributed by atoms with Crippen molar-refractivity contribution >= 4 is 5.91 Å². The molecule has 4 heterocycles. The van der Waals surface area contributed by atoms with Crippen LogP contribution in [0, 0.1) is 5.92 Å². The molecule has 7 heteroatoms. The summed E-state index contributed by atoms with van der Waals surface area (Å²) in [5, 5.41) is 8.28. The molecule has 0 aliphatic carbocycles. The Hall–Kier alpha value is -2.15. The molecule has 0 atom stereocenters. The highest BCUT2D eigenvalue weighted by Crippen LogP contribution is 2.29. The summed E-state index contributed by atoms with van der Waals surface area (Å²) in [6.07, 6.45) is 5.72. The first-order chi connectivity index (χ1) is 12.7. The fourth-order valence-electron chi connectivity index (χ4n) is 3.79. The highest BCUT2D eigenvalue weighted by atomic mass is 16.4. The molecule has 2 fully saturated rings. The molecule has 4 rings (SSSR count). The van der Waals surface area contributed by atoms with Crippen LogP contribution in [0.2, 0.25) is 0 Å². The van der Waals surface area contributed by atoms with Gasteiger partial charge < -0.3 is 13.7 Å². The molecule has 0 radical (unpaired) electrons. The van der Waals surface area contributed by atoms with Crippen molar-refractivity contribution in [3.05, 3.63) is 24.3 Å². The minimum Gasteiger partial charge on any atom is -0.459 e. The first-order valence-electron chi connectivity index (χ1n) is 9.56. The van der Waals surface area contributed by atoms with Gasteiger partial charge in [-0.2, -0.15) is 0 Å². The SMILES string of the molecule is CC1CCN(C(=O)CN2CCC(c3nnc(-c4ccco4)o3)CC2)CC1. The number of hydrogen-bond acceptors (Lipinski definition) is 6. The maximum atomic E-state index is 12.5. The van der Waals surface area contributed by atoms with Crippen LogP contribution in [0.4, 0.5) is 0 Å². The maximum Gasteiger partial charge on any atom is 0.283 e. The van der Waals surface area contributed by atoms with E-state index in [0.29, 0.717) is 24.1 Å². The van der Waals surface area contributed by atoms with Crippen molar-refractivity contribution < 1.29 is 13.6 Å². The molecule has 1 amide bonds. The Kier molecular flexibility index (Phi) is 5.06. The van der Waals surface area contributed by atoms with E-state index < -0.39 is 0 Å². The summed E-state index contributed by atoms with van der Waals surface area (Å²) < 4.78 is 11.1. The lowest BCUT2D eigenvalue weighted by Crippen LogP contribution is -2.45. The van der Waals surface area contributed by atoms with Crippen LogP contribution in [0.1, 0.15) is 44.4 Å². The summed E-state index contributed by atoms with van der Waals surface area (Å²) in [4.78, 5) is 16.8. The van der Waals surface area contributed by atoms with Gasteiger partial charge in [0.2, 0.25) is 11.8 Å². The van der Waals surface area contributed by atoms with Crippen LogP contribution >= 0.6 is 0 Å². The van der Waals surface area contributed by atoms with Crippen molar-refractivity contribution in [2.24, 2.45) is 5.92 Å². The molecule has 0 N–H and O–H groups in total. The molecular formula is C19H26N4O3. The zero-order valence-corrected chi connectivity index (χ0v) is 15.3. The molecular weight excluding hydrogens is 332 g/mol. The smallest absolute Gasteiger partial charge is 0.283 e. The summed E-state index contributed by atoms with van der Waals surface area (Å²) >= 11 is 0. The van der Waals surface area contributed by atoms with E-state index >= 15 is 0 Å². The van der Waals surface area contributed by atoms with Crippen LogP contribution < -0.4 is 0 Å². The molecule has 26 heavy (non-hydrogen) atoms. The van der Waals surface area contributed by atoms with Gasteiger partial charge in [0, 0.05) is 19.0 Å². The normalized spacial score (nSPS) is 20.6. The molecule has 0 aromatic carbocycles. The largest absolute Gasteiger partial charge is 0.459 e. The van der Waals surface area contributed by atoms with Crippen molar-refractivity contribution in [3.8, 4) is 11.7 Å². The predicted molar refractivity (Wildman–Crippen MR) is 95.4 cm³/mol. The molecule has 0 bridgehead atoms. The molecule has 0 spiro atoms. The highest BCUT2D eigenvalue weighted by Gasteiger charge is 2.28. The van der Waals surface area contributed by atoms with Crippen LogP contribution in [-0.4, -0.2) is 58.6 Å². The molecule has 2 saturated heterocycles. The van der Waals surface area contributed by atoms with Crippen LogP contribution in [0.25, 0.3) is 11.7 Å². The molecule has 2 aromatic heterocycles. The molecule has 0 unspecified atom stereocenters. The third-order valence-corrected chi connectivity index (χ3v) is 5.60. The van der Waals surface area contributed by atoms with Gasteiger partial charge in [-0.05, 0) is 56.8 Å². The molecule has 2 aromatic rings. The Morgan fingerprint density at radius 2 is 1.92 bits per heavy atom. The van der Waals surface area contributed by atoms with Crippen molar-refractivity contribution in [2.45, 2.75) is 38.5 Å². The number of rotatable bonds is 4. The average Bonchev–Trinajstić information content (AvgIpc) is 3.34. The second kappa shape index (κ2) is 7.61. The molecule has 2 aliphatic heterocycles. The van der Waals surface area contributed by atoms with E-state index in [0.717, 1.165) is 57.8 Å². The standard InChI is InChI=1S/C19H26N4O3/c1-14-4-10-23(11-5-14)17(24)13-22-8-6-15(7-9-22)18-20-21-19(26-18)16-3-2-12-25-16/h2-3,12,14-15H,4-11,13H2,1H3. The summed E-state index contributed by atoms with van der Waals surface area (Å²) in [7, 11) is 0. The second-order valence-corrected chi connectivity index (χ2v) is 7.54. The first-order valence-corrected chi connectivity index (χ1v) is 9.56. The Morgan fingerprint density at radius 1 is 1.15 bits per heavy atom. The average molecular weight is 358 g/mol. The summed E-state index contributed by atoms with van der Waals surface area (Å²) in [6, 6.07) is 3.62. The molecule has 0 saturated carbocycles. The highest BCUT2D eigenvalue weighted by molar-refractivity contribution is 5.78. The van der Waals surface area contributed by atoms with E-state index in [1.807, 2.05) is 11.0 Å². The molecule has 140 valence electrons. The Morgan fingerprint density at radius 3 is 2.62 bits per heavy atom. The number of furan rings is 1. The quantitative estimate of drug-likeness (QED) is 0.836. The lowest BCUT2D eigenvalue weighted by Gasteiger charge is -2.34. The second-order valence-electron chi connectivity index (χ2n) is 7.54. The van der Waals surface area contributed by atoms with Gasteiger partial charge in [0.05, 0.1) is 12.8 Å². The zero-order chi connectivity index (χ0) is 17.9. The van der Waals surface area contributed by atoms with E-state index in [1.165, 1.54) is 0 Å². The van der Waals surface area contributed by atoms with Gasteiger partial charge in [0.1, 0.15) is 0 Å². The van der Waals surface area contributed by atoms with Crippen molar-refractivity contribution in [1.82, 2.24) is 20.0 Å². The van der Waals surface area contributed by atoms with Crippen LogP contribution in [0.3, 0.4) is 0 Å². The van der Waals surface area contributed by atoms with Gasteiger partial charge in [-0.1, -0.05) is 6.92 Å². The minimum absolute atomic E-state index is 0.258. The number of aromatic nitrogens is 2. The minimum atomic E-state index is 0.258. The fourth-order valence-corrected chi connectivity index (χ4v) is 3.79. The lowest BCUT2D eigenvalue weighted by atomic mass is 9.96. The number of nitrogens with zero attached hydrogens (tertiary/aromatic N) is 4. The number of hydrogen-bond donors (Lipinski definition) is 0. The lowest BCUT2D eigenvalue weighted by molar-refractivity contribution is -0.134. The van der Waals surface area contributed by atoms with E-state index in [4.69, 9.17) is 8.83 Å². The summed E-state index contributed by atoms with van der Waals surface area (Å²) in [6.45, 7) is 6.39. The third kappa shape index (κ3) is 3.82. The molecule has 2 aliphatic rings. The third-order valence-electron chi connectivity index (χ3n) is 5.60. The van der Waals surface area contributed by atoms with Gasteiger partial charge in [0.15, 0.2) is 5.76 Å². The maximum absolute atomic E-state index is 12.5. The Labute approximate surface area is 153 Å². The summed E-state index contributed by atoms with van der Waals surface area (Å²) in [5.74, 6) is 2.98. The van der Waals surface area contributed by atoms with E-state index in [2.05, 4.69) is 22.0 Å². The van der Waals surface area contributed by atoms with Gasteiger partial charge in [-0.3, -0.25) is 9.69 Å².